The minimum atomic E-state index is -3.65. The molecular formula is C17H19FN2O2S. The molecule has 0 aromatic heterocycles. The van der Waals surface area contributed by atoms with Gasteiger partial charge < -0.3 is 4.90 Å². The Labute approximate surface area is 136 Å². The molecule has 0 aliphatic carbocycles. The van der Waals surface area contributed by atoms with Crippen LogP contribution in [-0.2, 0) is 16.4 Å². The van der Waals surface area contributed by atoms with Gasteiger partial charge in [0.05, 0.1) is 4.90 Å². The van der Waals surface area contributed by atoms with Crippen LogP contribution < -0.4 is 9.62 Å². The average molecular weight is 334 g/mol. The molecule has 4 nitrogen and oxygen atoms in total. The summed E-state index contributed by atoms with van der Waals surface area (Å²) in [5.41, 5.74) is 2.58. The van der Waals surface area contributed by atoms with E-state index in [4.69, 9.17) is 0 Å². The summed E-state index contributed by atoms with van der Waals surface area (Å²) in [5, 5.41) is 0. The van der Waals surface area contributed by atoms with E-state index in [9.17, 15) is 12.8 Å². The van der Waals surface area contributed by atoms with Crippen LogP contribution in [0.25, 0.3) is 0 Å². The maximum Gasteiger partial charge on any atom is 0.240 e. The van der Waals surface area contributed by atoms with E-state index in [-0.39, 0.29) is 4.90 Å². The zero-order valence-electron chi connectivity index (χ0n) is 12.7. The van der Waals surface area contributed by atoms with Gasteiger partial charge in [-0.15, -0.1) is 0 Å². The number of sulfonamides is 1. The highest BCUT2D eigenvalue weighted by atomic mass is 32.2. The van der Waals surface area contributed by atoms with Crippen LogP contribution in [0.5, 0.6) is 0 Å². The van der Waals surface area contributed by atoms with Gasteiger partial charge in [0.1, 0.15) is 5.82 Å². The summed E-state index contributed by atoms with van der Waals surface area (Å²) in [4.78, 5) is 2.23. The third-order valence-corrected chi connectivity index (χ3v) is 5.45. The van der Waals surface area contributed by atoms with Crippen LogP contribution in [0, 0.1) is 5.82 Å². The monoisotopic (exact) mass is 334 g/mol. The summed E-state index contributed by atoms with van der Waals surface area (Å²) in [6.07, 6.45) is 1.73. The summed E-state index contributed by atoms with van der Waals surface area (Å²) < 4.78 is 39.8. The molecule has 23 heavy (non-hydrogen) atoms. The fourth-order valence-electron chi connectivity index (χ4n) is 2.83. The lowest BCUT2D eigenvalue weighted by atomic mass is 10.2. The number of para-hydroxylation sites is 1. The van der Waals surface area contributed by atoms with E-state index in [0.29, 0.717) is 13.0 Å². The molecule has 0 bridgehead atoms. The zero-order chi connectivity index (χ0) is 16.3. The number of rotatable bonds is 6. The first-order valence-corrected chi connectivity index (χ1v) is 9.13. The number of nitrogens with zero attached hydrogens (tertiary/aromatic N) is 1. The number of anilines is 1. The molecule has 0 atom stereocenters. The van der Waals surface area contributed by atoms with Gasteiger partial charge in [-0.3, -0.25) is 0 Å². The second-order valence-corrected chi connectivity index (χ2v) is 7.34. The topological polar surface area (TPSA) is 49.4 Å². The van der Waals surface area contributed by atoms with Gasteiger partial charge >= 0.3 is 0 Å². The molecule has 2 aromatic rings. The van der Waals surface area contributed by atoms with Crippen molar-refractivity contribution >= 4 is 15.7 Å². The largest absolute Gasteiger partial charge is 0.371 e. The highest BCUT2D eigenvalue weighted by Crippen LogP contribution is 2.27. The van der Waals surface area contributed by atoms with Crippen molar-refractivity contribution in [2.45, 2.75) is 17.7 Å². The number of nitrogens with one attached hydrogen (secondary N) is 1. The second-order valence-electron chi connectivity index (χ2n) is 5.57. The maximum atomic E-state index is 13.1. The van der Waals surface area contributed by atoms with E-state index in [1.165, 1.54) is 29.4 Å². The molecule has 1 aliphatic heterocycles. The Morgan fingerprint density at radius 2 is 1.96 bits per heavy atom. The highest BCUT2D eigenvalue weighted by molar-refractivity contribution is 7.89. The van der Waals surface area contributed by atoms with E-state index >= 15 is 0 Å². The van der Waals surface area contributed by atoms with E-state index in [1.54, 1.807) is 0 Å². The molecule has 1 aliphatic rings. The molecule has 122 valence electrons. The molecule has 0 saturated carbocycles. The molecular weight excluding hydrogens is 315 g/mol. The predicted molar refractivity (Wildman–Crippen MR) is 88.6 cm³/mol. The van der Waals surface area contributed by atoms with Gasteiger partial charge in [0.15, 0.2) is 0 Å². The van der Waals surface area contributed by atoms with Crippen molar-refractivity contribution in [2.75, 3.05) is 24.5 Å². The van der Waals surface area contributed by atoms with Gasteiger partial charge in [-0.2, -0.15) is 0 Å². The third kappa shape index (κ3) is 3.71. The standard InChI is InChI=1S/C17H19FN2O2S/c18-15-6-3-7-16(13-15)23(21,22)19-10-4-11-20-12-9-14-5-1-2-8-17(14)20/h1-3,5-8,13,19H,4,9-12H2. The molecule has 1 N–H and O–H groups in total. The number of hydrogen-bond donors (Lipinski definition) is 1. The second kappa shape index (κ2) is 6.68. The molecule has 0 unspecified atom stereocenters. The first kappa shape index (κ1) is 16.0. The van der Waals surface area contributed by atoms with Gasteiger partial charge in [0.25, 0.3) is 0 Å². The van der Waals surface area contributed by atoms with E-state index in [0.717, 1.165) is 25.6 Å². The molecule has 0 fully saturated rings. The average Bonchev–Trinajstić information content (AvgIpc) is 2.95. The first-order chi connectivity index (χ1) is 11.1. The Hall–Kier alpha value is -1.92. The van der Waals surface area contributed by atoms with Crippen LogP contribution in [0.15, 0.2) is 53.4 Å². The third-order valence-electron chi connectivity index (χ3n) is 3.99. The van der Waals surface area contributed by atoms with Crippen molar-refractivity contribution in [1.29, 1.82) is 0 Å². The summed E-state index contributed by atoms with van der Waals surface area (Å²) in [6, 6.07) is 13.3. The molecule has 1 heterocycles. The summed E-state index contributed by atoms with van der Waals surface area (Å²) >= 11 is 0. The number of hydrogen-bond acceptors (Lipinski definition) is 3. The quantitative estimate of drug-likeness (QED) is 0.826. The van der Waals surface area contributed by atoms with Crippen molar-refractivity contribution in [3.05, 3.63) is 59.9 Å². The van der Waals surface area contributed by atoms with Crippen molar-refractivity contribution in [3.8, 4) is 0 Å². The van der Waals surface area contributed by atoms with Crippen molar-refractivity contribution in [1.82, 2.24) is 4.72 Å². The van der Waals surface area contributed by atoms with Gasteiger partial charge in [-0.05, 0) is 42.7 Å². The Kier molecular flexibility index (Phi) is 4.63. The lowest BCUT2D eigenvalue weighted by molar-refractivity contribution is 0.575. The lowest BCUT2D eigenvalue weighted by Gasteiger charge is -2.19. The minimum Gasteiger partial charge on any atom is -0.371 e. The SMILES string of the molecule is O=S(=O)(NCCCN1CCc2ccccc21)c1cccc(F)c1. The van der Waals surface area contributed by atoms with Crippen LogP contribution in [0.4, 0.5) is 10.1 Å². The van der Waals surface area contributed by atoms with Gasteiger partial charge in [0, 0.05) is 25.3 Å². The van der Waals surface area contributed by atoms with Crippen molar-refractivity contribution < 1.29 is 12.8 Å². The van der Waals surface area contributed by atoms with E-state index < -0.39 is 15.8 Å². The van der Waals surface area contributed by atoms with E-state index in [1.807, 2.05) is 12.1 Å². The van der Waals surface area contributed by atoms with Crippen LogP contribution in [0.3, 0.4) is 0 Å². The summed E-state index contributed by atoms with van der Waals surface area (Å²) in [6.45, 7) is 2.09. The van der Waals surface area contributed by atoms with Gasteiger partial charge in [-0.25, -0.2) is 17.5 Å². The molecule has 3 rings (SSSR count). The molecule has 2 aromatic carbocycles. The number of fused-ring (bicyclic) bond motifs is 1. The van der Waals surface area contributed by atoms with Crippen LogP contribution in [-0.4, -0.2) is 28.1 Å². The Morgan fingerprint density at radius 3 is 2.78 bits per heavy atom. The number of halogens is 1. The summed E-state index contributed by atoms with van der Waals surface area (Å²) in [5.74, 6) is -0.554. The fraction of sp³-hybridized carbons (Fsp3) is 0.294. The smallest absolute Gasteiger partial charge is 0.240 e. The summed E-state index contributed by atoms with van der Waals surface area (Å²) in [7, 11) is -3.65. The van der Waals surface area contributed by atoms with Crippen LogP contribution in [0.2, 0.25) is 0 Å². The van der Waals surface area contributed by atoms with Gasteiger partial charge in [0.2, 0.25) is 10.0 Å². The Balaban J connectivity index is 1.52. The molecule has 0 saturated heterocycles. The molecule has 0 spiro atoms. The van der Waals surface area contributed by atoms with Crippen LogP contribution in [0.1, 0.15) is 12.0 Å². The normalized spacial score (nSPS) is 14.0. The van der Waals surface area contributed by atoms with Crippen molar-refractivity contribution in [2.24, 2.45) is 0 Å². The van der Waals surface area contributed by atoms with Crippen molar-refractivity contribution in [3.63, 3.8) is 0 Å². The van der Waals surface area contributed by atoms with Crippen LogP contribution >= 0.6 is 0 Å². The minimum absolute atomic E-state index is 0.0379. The zero-order valence-corrected chi connectivity index (χ0v) is 13.5. The van der Waals surface area contributed by atoms with E-state index in [2.05, 4.69) is 21.8 Å². The maximum absolute atomic E-state index is 13.1. The molecule has 6 heteroatoms. The Morgan fingerprint density at radius 1 is 1.13 bits per heavy atom. The van der Waals surface area contributed by atoms with Gasteiger partial charge in [-0.1, -0.05) is 24.3 Å². The lowest BCUT2D eigenvalue weighted by Crippen LogP contribution is -2.29. The highest BCUT2D eigenvalue weighted by Gasteiger charge is 2.18. The Bertz CT molecular complexity index is 793. The fourth-order valence-corrected chi connectivity index (χ4v) is 3.94. The molecule has 0 amide bonds. The molecule has 0 radical (unpaired) electrons. The predicted octanol–water partition coefficient (Wildman–Crippen LogP) is 2.56. The first-order valence-electron chi connectivity index (χ1n) is 7.64. The number of benzene rings is 2.